The third kappa shape index (κ3) is 61.2. The lowest BCUT2D eigenvalue weighted by molar-refractivity contribution is -0.143. The Morgan fingerprint density at radius 3 is 1.01 bits per heavy atom. The Hall–Kier alpha value is -1.92. The van der Waals surface area contributed by atoms with Crippen LogP contribution in [-0.4, -0.2) is 47.4 Å². The van der Waals surface area contributed by atoms with Gasteiger partial charge in [-0.3, -0.25) is 9.59 Å². The number of aliphatic hydroxyl groups is 2. The van der Waals surface area contributed by atoms with E-state index in [9.17, 15) is 19.8 Å². The number of nitrogens with one attached hydrogen (secondary N) is 1. The molecule has 0 spiro atoms. The molecule has 0 rings (SSSR count). The number of carbonyl (C=O) groups is 2. The molecule has 6 nitrogen and oxygen atoms in total. The molecule has 0 saturated carbocycles. The molecule has 2 atom stereocenters. The van der Waals surface area contributed by atoms with Crippen LogP contribution in [0.5, 0.6) is 0 Å². The molecule has 0 aromatic rings. The summed E-state index contributed by atoms with van der Waals surface area (Å²) < 4.78 is 5.41. The van der Waals surface area contributed by atoms with Crippen molar-refractivity contribution in [3.8, 4) is 0 Å². The van der Waals surface area contributed by atoms with Gasteiger partial charge in [0.15, 0.2) is 0 Å². The largest absolute Gasteiger partial charge is 0.465 e. The van der Waals surface area contributed by atoms with E-state index < -0.39 is 12.1 Å². The van der Waals surface area contributed by atoms with E-state index in [1.165, 1.54) is 289 Å². The topological polar surface area (TPSA) is 95.9 Å². The predicted molar refractivity (Wildman–Crippen MR) is 329 cm³/mol. The molecule has 75 heavy (non-hydrogen) atoms. The minimum absolute atomic E-state index is 0.0347. The maximum absolute atomic E-state index is 12.5. The second-order valence-corrected chi connectivity index (χ2v) is 23.2. The number of carbonyl (C=O) groups excluding carboxylic acids is 2. The Bertz CT molecular complexity index is 1210. The van der Waals surface area contributed by atoms with Crippen molar-refractivity contribution in [1.29, 1.82) is 0 Å². The van der Waals surface area contributed by atoms with E-state index in [0.717, 1.165) is 51.4 Å². The molecule has 6 heteroatoms. The lowest BCUT2D eigenvalue weighted by atomic mass is 10.0. The van der Waals surface area contributed by atoms with Crippen LogP contribution in [0.1, 0.15) is 367 Å². The van der Waals surface area contributed by atoms with Gasteiger partial charge in [-0.05, 0) is 51.4 Å². The zero-order valence-corrected chi connectivity index (χ0v) is 50.5. The molecule has 0 saturated heterocycles. The Labute approximate surface area is 468 Å². The number of hydrogen-bond donors (Lipinski definition) is 3. The summed E-state index contributed by atoms with van der Waals surface area (Å²) in [4.78, 5) is 24.5. The number of hydrogen-bond acceptors (Lipinski definition) is 5. The van der Waals surface area contributed by atoms with Gasteiger partial charge in [0.2, 0.25) is 5.91 Å². The summed E-state index contributed by atoms with van der Waals surface area (Å²) in [5.74, 6) is -0.104. The van der Waals surface area contributed by atoms with Crippen LogP contribution < -0.4 is 5.32 Å². The van der Waals surface area contributed by atoms with Crippen molar-refractivity contribution in [3.63, 3.8) is 0 Å². The highest BCUT2D eigenvalue weighted by Gasteiger charge is 2.18. The molecular weight excluding hydrogens is 923 g/mol. The van der Waals surface area contributed by atoms with Crippen LogP contribution in [0.4, 0.5) is 0 Å². The molecule has 0 aromatic carbocycles. The van der Waals surface area contributed by atoms with Gasteiger partial charge in [-0.15, -0.1) is 0 Å². The lowest BCUT2D eigenvalue weighted by Gasteiger charge is -2.20. The van der Waals surface area contributed by atoms with Crippen LogP contribution in [-0.2, 0) is 14.3 Å². The molecule has 0 radical (unpaired) electrons. The Kier molecular flexibility index (Phi) is 63.0. The summed E-state index contributed by atoms with van der Waals surface area (Å²) in [5.41, 5.74) is 0. The zero-order valence-electron chi connectivity index (χ0n) is 50.5. The Morgan fingerprint density at radius 2 is 0.667 bits per heavy atom. The third-order valence-electron chi connectivity index (χ3n) is 15.7. The number of amides is 1. The second-order valence-electron chi connectivity index (χ2n) is 23.2. The fraction of sp³-hybridized carbons (Fsp3) is 0.884. The van der Waals surface area contributed by atoms with Gasteiger partial charge >= 0.3 is 5.97 Å². The normalized spacial score (nSPS) is 12.7. The van der Waals surface area contributed by atoms with E-state index in [1.807, 2.05) is 6.08 Å². The summed E-state index contributed by atoms with van der Waals surface area (Å²) >= 11 is 0. The second kappa shape index (κ2) is 64.6. The Balaban J connectivity index is 3.47. The molecule has 0 fully saturated rings. The average Bonchev–Trinajstić information content (AvgIpc) is 3.41. The van der Waals surface area contributed by atoms with Gasteiger partial charge in [0.25, 0.3) is 0 Å². The van der Waals surface area contributed by atoms with Gasteiger partial charge in [0, 0.05) is 12.8 Å². The maximum Gasteiger partial charge on any atom is 0.305 e. The number of ether oxygens (including phenoxy) is 1. The highest BCUT2D eigenvalue weighted by atomic mass is 16.5. The summed E-state index contributed by atoms with van der Waals surface area (Å²) in [6, 6.07) is -0.633. The van der Waals surface area contributed by atoms with Crippen molar-refractivity contribution >= 4 is 11.9 Å². The van der Waals surface area contributed by atoms with E-state index >= 15 is 0 Å². The molecular formula is C69H131NO5. The third-order valence-corrected chi connectivity index (χ3v) is 15.7. The standard InChI is InChI=1S/C69H131NO5/c1-3-5-7-9-11-13-15-17-18-19-20-21-22-23-24-26-29-32-35-38-41-45-49-53-57-61-67(72)66(65-71)70-68(73)62-58-54-50-46-42-39-36-33-30-27-25-28-31-34-37-40-44-48-52-56-60-64-75-69(74)63-59-55-51-47-43-16-14-12-10-8-6-4-2/h40,44,52,56-57,61,66-67,71-72H,3-39,41-43,45-51,53-55,58-60,62-65H2,1-2H3,(H,70,73)/b44-40-,56-52-,61-57+. The van der Waals surface area contributed by atoms with E-state index in [1.54, 1.807) is 6.08 Å². The predicted octanol–water partition coefficient (Wildman–Crippen LogP) is 21.5. The van der Waals surface area contributed by atoms with Crippen molar-refractivity contribution in [3.05, 3.63) is 36.5 Å². The quantitative estimate of drug-likeness (QED) is 0.0320. The van der Waals surface area contributed by atoms with Crippen LogP contribution in [0, 0.1) is 0 Å². The first-order valence-corrected chi connectivity index (χ1v) is 33.8. The fourth-order valence-electron chi connectivity index (χ4n) is 10.5. The van der Waals surface area contributed by atoms with Crippen LogP contribution in [0.15, 0.2) is 36.5 Å². The minimum atomic E-state index is -0.850. The van der Waals surface area contributed by atoms with Crippen molar-refractivity contribution in [2.75, 3.05) is 13.2 Å². The fourth-order valence-corrected chi connectivity index (χ4v) is 10.5. The summed E-state index contributed by atoms with van der Waals surface area (Å²) in [6.07, 6.45) is 82.2. The first-order chi connectivity index (χ1) is 37.0. The van der Waals surface area contributed by atoms with Crippen molar-refractivity contribution in [2.24, 2.45) is 0 Å². The van der Waals surface area contributed by atoms with Gasteiger partial charge < -0.3 is 20.3 Å². The van der Waals surface area contributed by atoms with Crippen LogP contribution in [0.25, 0.3) is 0 Å². The van der Waals surface area contributed by atoms with Gasteiger partial charge in [-0.1, -0.05) is 339 Å². The van der Waals surface area contributed by atoms with Crippen molar-refractivity contribution < 1.29 is 24.5 Å². The molecule has 442 valence electrons. The molecule has 0 aromatic heterocycles. The van der Waals surface area contributed by atoms with Gasteiger partial charge in [-0.2, -0.15) is 0 Å². The number of rotatable bonds is 63. The van der Waals surface area contributed by atoms with E-state index in [4.69, 9.17) is 4.74 Å². The van der Waals surface area contributed by atoms with E-state index in [0.29, 0.717) is 19.4 Å². The van der Waals surface area contributed by atoms with E-state index in [2.05, 4.69) is 43.5 Å². The summed E-state index contributed by atoms with van der Waals surface area (Å²) in [7, 11) is 0. The number of aliphatic hydroxyl groups excluding tert-OH is 2. The van der Waals surface area contributed by atoms with E-state index in [-0.39, 0.29) is 18.5 Å². The molecule has 1 amide bonds. The number of allylic oxidation sites excluding steroid dienone is 4. The molecule has 0 heterocycles. The molecule has 0 aliphatic heterocycles. The van der Waals surface area contributed by atoms with Crippen molar-refractivity contribution in [2.45, 2.75) is 379 Å². The van der Waals surface area contributed by atoms with Crippen molar-refractivity contribution in [1.82, 2.24) is 5.32 Å². The Morgan fingerprint density at radius 1 is 0.373 bits per heavy atom. The van der Waals surface area contributed by atoms with Crippen LogP contribution in [0.2, 0.25) is 0 Å². The first-order valence-electron chi connectivity index (χ1n) is 33.8. The molecule has 0 bridgehead atoms. The average molecular weight is 1050 g/mol. The SMILES string of the molecule is CCCCCCCCCCCCCCCCCCCCCCCCC/C=C/C(O)C(CO)NC(=O)CCCCCCCCCCCCCCCC/C=C\C/C=C\CCOC(=O)CCCCCCCCCCCCCC. The summed E-state index contributed by atoms with van der Waals surface area (Å²) in [6.45, 7) is 4.82. The van der Waals surface area contributed by atoms with Gasteiger partial charge in [-0.25, -0.2) is 0 Å². The molecule has 2 unspecified atom stereocenters. The maximum atomic E-state index is 12.5. The molecule has 3 N–H and O–H groups in total. The zero-order chi connectivity index (χ0) is 54.3. The van der Waals surface area contributed by atoms with Crippen LogP contribution in [0.3, 0.4) is 0 Å². The highest BCUT2D eigenvalue weighted by molar-refractivity contribution is 5.76. The highest BCUT2D eigenvalue weighted by Crippen LogP contribution is 2.18. The van der Waals surface area contributed by atoms with Gasteiger partial charge in [0.1, 0.15) is 0 Å². The minimum Gasteiger partial charge on any atom is -0.465 e. The monoisotopic (exact) mass is 1050 g/mol. The lowest BCUT2D eigenvalue weighted by Crippen LogP contribution is -2.45. The van der Waals surface area contributed by atoms with Crippen LogP contribution >= 0.6 is 0 Å². The number of esters is 1. The molecule has 0 aliphatic carbocycles. The summed E-state index contributed by atoms with van der Waals surface area (Å²) in [5, 5.41) is 23.3. The first kappa shape index (κ1) is 73.1. The number of unbranched alkanes of at least 4 members (excludes halogenated alkanes) is 48. The smallest absolute Gasteiger partial charge is 0.305 e. The molecule has 0 aliphatic rings. The van der Waals surface area contributed by atoms with Gasteiger partial charge in [0.05, 0.1) is 25.4 Å².